The minimum atomic E-state index is -0.899. The number of ether oxygens (including phenoxy) is 2. The zero-order valence-corrected chi connectivity index (χ0v) is 24.7. The maximum atomic E-state index is 13.3. The molecule has 7 heteroatoms. The number of nitrogens with one attached hydrogen (secondary N) is 1. The Morgan fingerprint density at radius 2 is 1.56 bits per heavy atom. The van der Waals surface area contributed by atoms with Crippen LogP contribution in [0.15, 0.2) is 54.6 Å². The van der Waals surface area contributed by atoms with Crippen LogP contribution in [0.1, 0.15) is 91.9 Å². The van der Waals surface area contributed by atoms with E-state index in [1.807, 2.05) is 110 Å². The van der Waals surface area contributed by atoms with Crippen molar-refractivity contribution in [3.63, 3.8) is 0 Å². The van der Waals surface area contributed by atoms with Gasteiger partial charge in [0.05, 0.1) is 6.04 Å². The van der Waals surface area contributed by atoms with Gasteiger partial charge in [-0.3, -0.25) is 14.5 Å². The number of ketones is 1. The fourth-order valence-corrected chi connectivity index (χ4v) is 4.88. The molecule has 39 heavy (non-hydrogen) atoms. The first-order chi connectivity index (χ1) is 18.0. The lowest BCUT2D eigenvalue weighted by Crippen LogP contribution is -2.50. The molecule has 7 nitrogen and oxygen atoms in total. The molecule has 0 unspecified atom stereocenters. The second-order valence-corrected chi connectivity index (χ2v) is 13.1. The van der Waals surface area contributed by atoms with Crippen molar-refractivity contribution < 1.29 is 23.9 Å². The van der Waals surface area contributed by atoms with E-state index in [4.69, 9.17) is 9.47 Å². The molecule has 1 saturated heterocycles. The maximum Gasteiger partial charge on any atom is 0.412 e. The third kappa shape index (κ3) is 8.92. The lowest BCUT2D eigenvalue weighted by Gasteiger charge is -2.35. The van der Waals surface area contributed by atoms with Crippen LogP contribution >= 0.6 is 0 Å². The number of rotatable bonds is 8. The van der Waals surface area contributed by atoms with Crippen LogP contribution in [0, 0.1) is 5.41 Å². The van der Waals surface area contributed by atoms with E-state index >= 15 is 0 Å². The highest BCUT2D eigenvalue weighted by Gasteiger charge is 2.51. The summed E-state index contributed by atoms with van der Waals surface area (Å²) in [4.78, 5) is 40.2. The number of nitrogens with zero attached hydrogens (tertiary/aromatic N) is 1. The van der Waals surface area contributed by atoms with Crippen molar-refractivity contribution in [1.82, 2.24) is 4.90 Å². The lowest BCUT2D eigenvalue weighted by atomic mass is 9.92. The van der Waals surface area contributed by atoms with Gasteiger partial charge in [-0.2, -0.15) is 0 Å². The molecule has 1 heterocycles. The zero-order valence-electron chi connectivity index (χ0n) is 24.7. The highest BCUT2D eigenvalue weighted by molar-refractivity contribution is 5.91. The Morgan fingerprint density at radius 1 is 0.949 bits per heavy atom. The Bertz CT molecular complexity index is 1140. The molecule has 1 fully saturated rings. The summed E-state index contributed by atoms with van der Waals surface area (Å²) in [5, 5.41) is 2.91. The maximum absolute atomic E-state index is 13.3. The minimum absolute atomic E-state index is 0.0319. The highest BCUT2D eigenvalue weighted by atomic mass is 16.6. The molecular formula is C32H44N2O5. The summed E-state index contributed by atoms with van der Waals surface area (Å²) in [6.45, 7) is 15.3. The quantitative estimate of drug-likeness (QED) is 0.390. The molecule has 3 rings (SSSR count). The monoisotopic (exact) mass is 536 g/mol. The topological polar surface area (TPSA) is 84.9 Å². The van der Waals surface area contributed by atoms with Gasteiger partial charge in [0.2, 0.25) is 5.91 Å². The highest BCUT2D eigenvalue weighted by Crippen LogP contribution is 2.43. The average Bonchev–Trinajstić information content (AvgIpc) is 3.07. The molecule has 0 aromatic heterocycles. The Hall–Kier alpha value is -3.19. The van der Waals surface area contributed by atoms with E-state index in [1.165, 1.54) is 0 Å². The Morgan fingerprint density at radius 3 is 2.13 bits per heavy atom. The normalized spacial score (nSPS) is 19.0. The summed E-state index contributed by atoms with van der Waals surface area (Å²) < 4.78 is 12.1. The average molecular weight is 537 g/mol. The first kappa shape index (κ1) is 30.4. The second kappa shape index (κ2) is 11.9. The molecule has 0 aliphatic carbocycles. The van der Waals surface area contributed by atoms with Gasteiger partial charge in [-0.15, -0.1) is 0 Å². The smallest absolute Gasteiger partial charge is 0.412 e. The molecule has 2 atom stereocenters. The standard InChI is InChI=1S/C32H44N2O5/c1-30(2,3)21-27(36)33-24-16-14-22(15-17-24)20-25(35)18-19-26-28(23-12-10-9-11-13-23)38-32(7,8)34(26)29(37)39-31(4,5)6/h9-17,26,28H,18-21H2,1-8H3,(H,33,36)/t26-,28-/m1/s1. The third-order valence-corrected chi connectivity index (χ3v) is 6.44. The van der Waals surface area contributed by atoms with Crippen LogP contribution in [0.25, 0.3) is 0 Å². The van der Waals surface area contributed by atoms with Gasteiger partial charge in [0.15, 0.2) is 0 Å². The van der Waals surface area contributed by atoms with Crippen molar-refractivity contribution in [2.24, 2.45) is 5.41 Å². The van der Waals surface area contributed by atoms with E-state index in [1.54, 1.807) is 4.90 Å². The van der Waals surface area contributed by atoms with Crippen LogP contribution in [-0.4, -0.2) is 40.1 Å². The lowest BCUT2D eigenvalue weighted by molar-refractivity contribution is -0.119. The largest absolute Gasteiger partial charge is 0.444 e. The number of carbonyl (C=O) groups excluding carboxylic acids is 3. The molecule has 1 aliphatic rings. The van der Waals surface area contributed by atoms with Gasteiger partial charge in [0, 0.05) is 24.9 Å². The summed E-state index contributed by atoms with van der Waals surface area (Å²) in [6.07, 6.45) is 0.609. The van der Waals surface area contributed by atoms with Gasteiger partial charge >= 0.3 is 6.09 Å². The second-order valence-electron chi connectivity index (χ2n) is 13.1. The van der Waals surface area contributed by atoms with Crippen molar-refractivity contribution in [3.8, 4) is 0 Å². The predicted octanol–water partition coefficient (Wildman–Crippen LogP) is 7.07. The third-order valence-electron chi connectivity index (χ3n) is 6.44. The first-order valence-corrected chi connectivity index (χ1v) is 13.7. The SMILES string of the molecule is CC(C)(C)CC(=O)Nc1ccc(CC(=O)CC[C@@H]2[C@@H](c3ccccc3)OC(C)(C)N2C(=O)OC(C)(C)C)cc1. The van der Waals surface area contributed by atoms with Gasteiger partial charge < -0.3 is 14.8 Å². The van der Waals surface area contributed by atoms with E-state index in [0.29, 0.717) is 18.5 Å². The molecule has 1 aliphatic heterocycles. The Balaban J connectivity index is 1.69. The van der Waals surface area contributed by atoms with Crippen molar-refractivity contribution >= 4 is 23.5 Å². The molecule has 2 aromatic carbocycles. The van der Waals surface area contributed by atoms with Gasteiger partial charge in [0.1, 0.15) is 23.2 Å². The minimum Gasteiger partial charge on any atom is -0.444 e. The van der Waals surface area contributed by atoms with Crippen LogP contribution in [0.2, 0.25) is 0 Å². The van der Waals surface area contributed by atoms with Crippen LogP contribution < -0.4 is 5.32 Å². The van der Waals surface area contributed by atoms with Crippen LogP contribution in [-0.2, 0) is 25.5 Å². The number of amides is 2. The number of hydrogen-bond acceptors (Lipinski definition) is 5. The molecule has 0 bridgehead atoms. The van der Waals surface area contributed by atoms with E-state index in [0.717, 1.165) is 11.1 Å². The zero-order chi connectivity index (χ0) is 29.0. The molecule has 0 saturated carbocycles. The van der Waals surface area contributed by atoms with E-state index in [2.05, 4.69) is 5.32 Å². The molecule has 2 amide bonds. The fraction of sp³-hybridized carbons (Fsp3) is 0.531. The fourth-order valence-electron chi connectivity index (χ4n) is 4.88. The molecule has 1 N–H and O–H groups in total. The molecule has 0 spiro atoms. The van der Waals surface area contributed by atoms with Crippen molar-refractivity contribution in [2.75, 3.05) is 5.32 Å². The number of anilines is 1. The van der Waals surface area contributed by atoms with Crippen LogP contribution in [0.5, 0.6) is 0 Å². The number of Topliss-reactive ketones (excluding diaryl/α,β-unsaturated/α-hetero) is 1. The molecule has 212 valence electrons. The van der Waals surface area contributed by atoms with Gasteiger partial charge in [-0.05, 0) is 69.7 Å². The van der Waals surface area contributed by atoms with Crippen LogP contribution in [0.3, 0.4) is 0 Å². The van der Waals surface area contributed by atoms with E-state index < -0.39 is 17.4 Å². The first-order valence-electron chi connectivity index (χ1n) is 13.7. The number of hydrogen-bond donors (Lipinski definition) is 1. The van der Waals surface area contributed by atoms with Crippen molar-refractivity contribution in [2.45, 2.75) is 105 Å². The summed E-state index contributed by atoms with van der Waals surface area (Å²) in [5.74, 6) is 0.0377. The number of carbonyl (C=O) groups is 3. The molecule has 0 radical (unpaired) electrons. The summed E-state index contributed by atoms with van der Waals surface area (Å²) in [7, 11) is 0. The van der Waals surface area contributed by atoms with Crippen molar-refractivity contribution in [1.29, 1.82) is 0 Å². The summed E-state index contributed by atoms with van der Waals surface area (Å²) >= 11 is 0. The van der Waals surface area contributed by atoms with Crippen molar-refractivity contribution in [3.05, 3.63) is 65.7 Å². The van der Waals surface area contributed by atoms with E-state index in [-0.39, 0.29) is 42.1 Å². The van der Waals surface area contributed by atoms with Gasteiger partial charge in [-0.1, -0.05) is 63.2 Å². The van der Waals surface area contributed by atoms with E-state index in [9.17, 15) is 14.4 Å². The number of benzene rings is 2. The molecule has 2 aromatic rings. The summed E-state index contributed by atoms with van der Waals surface area (Å²) in [5.41, 5.74) is 0.901. The van der Waals surface area contributed by atoms with Gasteiger partial charge in [-0.25, -0.2) is 4.79 Å². The Kier molecular flexibility index (Phi) is 9.27. The predicted molar refractivity (Wildman–Crippen MR) is 153 cm³/mol. The van der Waals surface area contributed by atoms with Gasteiger partial charge in [0.25, 0.3) is 0 Å². The van der Waals surface area contributed by atoms with Crippen LogP contribution in [0.4, 0.5) is 10.5 Å². The molecular weight excluding hydrogens is 492 g/mol. The Labute approximate surface area is 233 Å². The summed E-state index contributed by atoms with van der Waals surface area (Å²) in [6, 6.07) is 16.8.